The van der Waals surface area contributed by atoms with E-state index >= 15 is 0 Å². The fourth-order valence-corrected chi connectivity index (χ4v) is 4.17. The summed E-state index contributed by atoms with van der Waals surface area (Å²) in [7, 11) is 0. The Morgan fingerprint density at radius 2 is 1.79 bits per heavy atom. The smallest absolute Gasteiger partial charge is 0.300 e. The molecule has 4 N–H and O–H groups in total. The average Bonchev–Trinajstić information content (AvgIpc) is 2.77. The van der Waals surface area contributed by atoms with Gasteiger partial charge in [-0.05, 0) is 37.8 Å². The minimum Gasteiger partial charge on any atom is -0.481 e. The first-order chi connectivity index (χ1) is 15.7. The molecule has 11 heteroatoms. The van der Waals surface area contributed by atoms with Gasteiger partial charge in [0.2, 0.25) is 5.43 Å². The van der Waals surface area contributed by atoms with Crippen molar-refractivity contribution < 1.29 is 14.7 Å². The summed E-state index contributed by atoms with van der Waals surface area (Å²) in [6.45, 7) is 1.08. The molecule has 3 heterocycles. The number of amides is 1. The van der Waals surface area contributed by atoms with Crippen molar-refractivity contribution in [2.45, 2.75) is 44.7 Å². The van der Waals surface area contributed by atoms with Crippen LogP contribution in [0.15, 0.2) is 41.7 Å². The van der Waals surface area contributed by atoms with Gasteiger partial charge in [0.05, 0.1) is 21.1 Å². The summed E-state index contributed by atoms with van der Waals surface area (Å²) in [4.78, 5) is 43.2. The number of hydrogen-bond acceptors (Lipinski definition) is 6. The highest BCUT2D eigenvalue weighted by molar-refractivity contribution is 6.39. The molecular weight excluding hydrogens is 469 g/mol. The number of fused-ring (bicyclic) bond motifs is 1. The maximum atomic E-state index is 13.0. The number of hydrogen-bond donors (Lipinski definition) is 3. The third-order valence-corrected chi connectivity index (χ3v) is 5.83. The third-order valence-electron chi connectivity index (χ3n) is 5.26. The number of halogens is 2. The normalized spacial score (nSPS) is 17.7. The lowest BCUT2D eigenvalue weighted by molar-refractivity contribution is -0.134. The zero-order valence-electron chi connectivity index (χ0n) is 17.8. The van der Waals surface area contributed by atoms with Crippen LogP contribution < -0.4 is 16.5 Å². The highest BCUT2D eigenvalue weighted by atomic mass is 35.5. The van der Waals surface area contributed by atoms with E-state index in [1.807, 2.05) is 4.57 Å². The molecule has 0 saturated heterocycles. The molecular formula is C22H23Cl2N5O4. The lowest BCUT2D eigenvalue weighted by Crippen LogP contribution is -2.30. The summed E-state index contributed by atoms with van der Waals surface area (Å²) in [5.74, 6) is -1.42. The van der Waals surface area contributed by atoms with E-state index in [2.05, 4.69) is 15.3 Å². The van der Waals surface area contributed by atoms with Crippen LogP contribution >= 0.6 is 23.2 Å². The molecule has 1 fully saturated rings. The first kappa shape index (κ1) is 24.6. The molecule has 1 saturated carbocycles. The predicted octanol–water partition coefficient (Wildman–Crippen LogP) is 3.88. The lowest BCUT2D eigenvalue weighted by Gasteiger charge is -2.29. The Balaban J connectivity index is 0.000000709. The third kappa shape index (κ3) is 5.87. The van der Waals surface area contributed by atoms with Crippen molar-refractivity contribution in [1.82, 2.24) is 14.5 Å². The molecule has 9 nitrogen and oxygen atoms in total. The van der Waals surface area contributed by atoms with Gasteiger partial charge in [0, 0.05) is 43.8 Å². The van der Waals surface area contributed by atoms with Crippen LogP contribution in [-0.2, 0) is 4.79 Å². The molecule has 0 bridgehead atoms. The molecule has 1 aliphatic carbocycles. The van der Waals surface area contributed by atoms with Crippen molar-refractivity contribution in [3.8, 4) is 0 Å². The number of aliphatic carboxylic acids is 1. The van der Waals surface area contributed by atoms with Gasteiger partial charge in [0.15, 0.2) is 0 Å². The van der Waals surface area contributed by atoms with E-state index in [9.17, 15) is 9.59 Å². The van der Waals surface area contributed by atoms with E-state index in [1.54, 1.807) is 24.5 Å². The summed E-state index contributed by atoms with van der Waals surface area (Å²) in [5.41, 5.74) is 6.43. The molecule has 0 atom stereocenters. The minimum absolute atomic E-state index is 0.00400. The van der Waals surface area contributed by atoms with E-state index < -0.39 is 17.3 Å². The van der Waals surface area contributed by atoms with Gasteiger partial charge in [-0.3, -0.25) is 19.4 Å². The second-order valence-electron chi connectivity index (χ2n) is 7.67. The molecule has 174 valence electrons. The van der Waals surface area contributed by atoms with Crippen LogP contribution in [0.1, 0.15) is 49.0 Å². The summed E-state index contributed by atoms with van der Waals surface area (Å²) in [6.07, 6.45) is 9.45. The summed E-state index contributed by atoms with van der Waals surface area (Å²) >= 11 is 12.2. The molecule has 4 rings (SSSR count). The van der Waals surface area contributed by atoms with Crippen molar-refractivity contribution in [2.75, 3.05) is 5.32 Å². The highest BCUT2D eigenvalue weighted by Crippen LogP contribution is 2.31. The number of aromatic nitrogens is 3. The molecule has 1 aliphatic rings. The van der Waals surface area contributed by atoms with Crippen LogP contribution in [0.25, 0.3) is 11.0 Å². The van der Waals surface area contributed by atoms with Crippen LogP contribution in [0.3, 0.4) is 0 Å². The number of carbonyl (C=O) groups is 2. The van der Waals surface area contributed by atoms with E-state index in [0.29, 0.717) is 11.0 Å². The number of carbonyl (C=O) groups excluding carboxylic acids is 1. The predicted molar refractivity (Wildman–Crippen MR) is 127 cm³/mol. The summed E-state index contributed by atoms with van der Waals surface area (Å²) in [5, 5.41) is 10.8. The van der Waals surface area contributed by atoms with Gasteiger partial charge in [0.1, 0.15) is 11.2 Å². The van der Waals surface area contributed by atoms with Crippen LogP contribution in [0.5, 0.6) is 0 Å². The maximum Gasteiger partial charge on any atom is 0.300 e. The standard InChI is InChI=1S/C20H19Cl2N5O2.C2H4O2/c21-15-8-24-9-16(22)17(15)26-20(29)14-10-27(12-5-3-11(23)4-6-12)19-13(18(14)28)2-1-7-25-19;1-2(3)4/h1-2,7-12H,3-6,23H2,(H,24,26,29);1H3,(H,3,4)/t11-,12-;. The second kappa shape index (κ2) is 10.7. The molecule has 0 aliphatic heterocycles. The molecule has 0 aromatic carbocycles. The van der Waals surface area contributed by atoms with Gasteiger partial charge < -0.3 is 20.7 Å². The van der Waals surface area contributed by atoms with E-state index in [-0.39, 0.29) is 33.4 Å². The number of rotatable bonds is 3. The van der Waals surface area contributed by atoms with Gasteiger partial charge in [-0.25, -0.2) is 4.98 Å². The SMILES string of the molecule is CC(=O)O.N[C@H]1CC[C@H](n2cc(C(=O)Nc3c(Cl)cncc3Cl)c(=O)c3cccnc32)CC1. The second-order valence-corrected chi connectivity index (χ2v) is 8.49. The van der Waals surface area contributed by atoms with Crippen LogP contribution in [0, 0.1) is 0 Å². The van der Waals surface area contributed by atoms with Gasteiger partial charge in [0.25, 0.3) is 11.9 Å². The van der Waals surface area contributed by atoms with Crippen LogP contribution in [-0.4, -0.2) is 37.6 Å². The topological polar surface area (TPSA) is 140 Å². The zero-order chi connectivity index (χ0) is 24.1. The number of nitrogens with two attached hydrogens (primary N) is 1. The van der Waals surface area contributed by atoms with Crippen molar-refractivity contribution in [3.05, 3.63) is 62.8 Å². The summed E-state index contributed by atoms with van der Waals surface area (Å²) in [6, 6.07) is 3.67. The fourth-order valence-electron chi connectivity index (χ4n) is 3.72. The Hall–Kier alpha value is -3.01. The van der Waals surface area contributed by atoms with Crippen molar-refractivity contribution >= 4 is 51.8 Å². The number of nitrogens with zero attached hydrogens (tertiary/aromatic N) is 3. The number of pyridine rings is 3. The van der Waals surface area contributed by atoms with E-state index in [1.165, 1.54) is 12.4 Å². The monoisotopic (exact) mass is 491 g/mol. The first-order valence-corrected chi connectivity index (χ1v) is 11.0. The number of anilines is 1. The number of nitrogens with one attached hydrogen (secondary N) is 1. The van der Waals surface area contributed by atoms with Gasteiger partial charge in [-0.1, -0.05) is 23.2 Å². The Bertz CT molecular complexity index is 1210. The molecule has 3 aromatic rings. The van der Waals surface area contributed by atoms with Crippen LogP contribution in [0.2, 0.25) is 10.0 Å². The molecule has 0 radical (unpaired) electrons. The molecule has 1 amide bonds. The molecule has 33 heavy (non-hydrogen) atoms. The number of carboxylic acids is 1. The lowest BCUT2D eigenvalue weighted by atomic mass is 9.91. The van der Waals surface area contributed by atoms with Gasteiger partial charge >= 0.3 is 0 Å². The zero-order valence-corrected chi connectivity index (χ0v) is 19.3. The van der Waals surface area contributed by atoms with Crippen molar-refractivity contribution in [2.24, 2.45) is 5.73 Å². The summed E-state index contributed by atoms with van der Waals surface area (Å²) < 4.78 is 1.92. The fraction of sp³-hybridized carbons (Fsp3) is 0.318. The Morgan fingerprint density at radius 1 is 1.18 bits per heavy atom. The highest BCUT2D eigenvalue weighted by Gasteiger charge is 2.24. The maximum absolute atomic E-state index is 13.0. The Morgan fingerprint density at radius 3 is 2.39 bits per heavy atom. The molecule has 3 aromatic heterocycles. The largest absolute Gasteiger partial charge is 0.481 e. The molecule has 0 unspecified atom stereocenters. The first-order valence-electron chi connectivity index (χ1n) is 10.2. The Labute approximate surface area is 199 Å². The van der Waals surface area contributed by atoms with Crippen LogP contribution in [0.4, 0.5) is 5.69 Å². The van der Waals surface area contributed by atoms with E-state index in [0.717, 1.165) is 32.6 Å². The van der Waals surface area contributed by atoms with Gasteiger partial charge in [-0.15, -0.1) is 0 Å². The van der Waals surface area contributed by atoms with Gasteiger partial charge in [-0.2, -0.15) is 0 Å². The molecule has 0 spiro atoms. The van der Waals surface area contributed by atoms with Crippen molar-refractivity contribution in [1.29, 1.82) is 0 Å². The minimum atomic E-state index is -0.833. The Kier molecular flexibility index (Phi) is 8.01. The van der Waals surface area contributed by atoms with E-state index in [4.69, 9.17) is 38.8 Å². The quantitative estimate of drug-likeness (QED) is 0.504. The average molecular weight is 492 g/mol. The number of carboxylic acid groups (broad SMARTS) is 1. The van der Waals surface area contributed by atoms with Crippen molar-refractivity contribution in [3.63, 3.8) is 0 Å².